The number of halogens is 4. The van der Waals surface area contributed by atoms with Crippen molar-refractivity contribution >= 4 is 23.4 Å². The number of nitrogens with zero attached hydrogens (tertiary/aromatic N) is 3. The van der Waals surface area contributed by atoms with Gasteiger partial charge in [-0.3, -0.25) is 0 Å². The van der Waals surface area contributed by atoms with E-state index in [-0.39, 0.29) is 17.7 Å². The van der Waals surface area contributed by atoms with E-state index in [1.165, 1.54) is 18.5 Å². The van der Waals surface area contributed by atoms with Gasteiger partial charge in [0.15, 0.2) is 11.6 Å². The van der Waals surface area contributed by atoms with E-state index in [0.717, 1.165) is 54.9 Å². The third-order valence-corrected chi connectivity index (χ3v) is 6.87. The first kappa shape index (κ1) is 21.2. The normalized spacial score (nSPS) is 20.5. The summed E-state index contributed by atoms with van der Waals surface area (Å²) in [6.07, 6.45) is 0.748. The standard InChI is InChI=1S/C21H24F4N4S/c22-18-19(26-12-14-7-10-30-11-8-14)27-13-28-20(18)29-9-1-2-17(29)15-3-5-16(6-4-15)21(23,24)25/h3-6,13-14,17H,1-2,7-12H2,(H,26,27,28). The monoisotopic (exact) mass is 440 g/mol. The SMILES string of the molecule is Fc1c(NCC2CCSCC2)ncnc1N1CCCC1c1ccc(C(F)(F)F)cc1. The maximum absolute atomic E-state index is 15.2. The van der Waals surface area contributed by atoms with Gasteiger partial charge in [0.25, 0.3) is 0 Å². The fourth-order valence-corrected chi connectivity index (χ4v) is 5.34. The molecule has 2 saturated heterocycles. The van der Waals surface area contributed by atoms with Gasteiger partial charge in [0.1, 0.15) is 6.33 Å². The summed E-state index contributed by atoms with van der Waals surface area (Å²) in [6, 6.07) is 4.91. The van der Waals surface area contributed by atoms with Gasteiger partial charge >= 0.3 is 6.18 Å². The van der Waals surface area contributed by atoms with Crippen LogP contribution in [-0.4, -0.2) is 34.6 Å². The molecule has 2 aliphatic heterocycles. The van der Waals surface area contributed by atoms with E-state index in [4.69, 9.17) is 0 Å². The fraction of sp³-hybridized carbons (Fsp3) is 0.524. The Morgan fingerprint density at radius 3 is 2.50 bits per heavy atom. The molecule has 4 rings (SSSR count). The van der Waals surface area contributed by atoms with Crippen LogP contribution in [0.4, 0.5) is 29.2 Å². The van der Waals surface area contributed by atoms with E-state index >= 15 is 4.39 Å². The number of alkyl halides is 3. The van der Waals surface area contributed by atoms with E-state index < -0.39 is 17.6 Å². The highest BCUT2D eigenvalue weighted by Gasteiger charge is 2.33. The van der Waals surface area contributed by atoms with E-state index in [2.05, 4.69) is 15.3 Å². The van der Waals surface area contributed by atoms with Crippen molar-refractivity contribution in [1.29, 1.82) is 0 Å². The van der Waals surface area contributed by atoms with Crippen molar-refractivity contribution < 1.29 is 17.6 Å². The van der Waals surface area contributed by atoms with Crippen LogP contribution in [0.1, 0.15) is 42.9 Å². The molecule has 30 heavy (non-hydrogen) atoms. The summed E-state index contributed by atoms with van der Waals surface area (Å²) in [4.78, 5) is 10.1. The number of thioether (sulfide) groups is 1. The summed E-state index contributed by atoms with van der Waals surface area (Å²) in [5.74, 6) is 2.67. The minimum Gasteiger partial charge on any atom is -0.367 e. The van der Waals surface area contributed by atoms with E-state index in [1.54, 1.807) is 0 Å². The van der Waals surface area contributed by atoms with Crippen molar-refractivity contribution in [3.05, 3.63) is 47.5 Å². The molecule has 1 aromatic heterocycles. The first-order chi connectivity index (χ1) is 14.4. The molecule has 1 atom stereocenters. The van der Waals surface area contributed by atoms with Crippen molar-refractivity contribution in [2.75, 3.05) is 34.8 Å². The van der Waals surface area contributed by atoms with Crippen LogP contribution in [0.3, 0.4) is 0 Å². The Morgan fingerprint density at radius 2 is 1.80 bits per heavy atom. The third kappa shape index (κ3) is 4.66. The molecular weight excluding hydrogens is 416 g/mol. The summed E-state index contributed by atoms with van der Waals surface area (Å²) >= 11 is 1.95. The molecule has 9 heteroatoms. The predicted molar refractivity (Wildman–Crippen MR) is 111 cm³/mol. The molecule has 0 saturated carbocycles. The Hall–Kier alpha value is -2.03. The van der Waals surface area contributed by atoms with E-state index in [0.29, 0.717) is 19.0 Å². The van der Waals surface area contributed by atoms with Gasteiger partial charge in [-0.15, -0.1) is 0 Å². The fourth-order valence-electron chi connectivity index (χ4n) is 4.14. The van der Waals surface area contributed by atoms with Crippen molar-refractivity contribution in [3.8, 4) is 0 Å². The summed E-state index contributed by atoms with van der Waals surface area (Å²) in [5, 5.41) is 3.14. The third-order valence-electron chi connectivity index (χ3n) is 5.82. The molecule has 3 heterocycles. The van der Waals surface area contributed by atoms with Crippen LogP contribution in [0, 0.1) is 11.7 Å². The molecule has 2 aromatic rings. The Morgan fingerprint density at radius 1 is 1.07 bits per heavy atom. The van der Waals surface area contributed by atoms with Crippen LogP contribution in [0.5, 0.6) is 0 Å². The van der Waals surface area contributed by atoms with Gasteiger partial charge in [-0.2, -0.15) is 29.3 Å². The first-order valence-electron chi connectivity index (χ1n) is 10.2. The molecule has 0 bridgehead atoms. The van der Waals surface area contributed by atoms with Gasteiger partial charge in [0, 0.05) is 13.1 Å². The number of anilines is 2. The van der Waals surface area contributed by atoms with Crippen LogP contribution in [-0.2, 0) is 6.18 Å². The molecular formula is C21H24F4N4S. The Bertz CT molecular complexity index is 853. The number of rotatable bonds is 5. The van der Waals surface area contributed by atoms with Gasteiger partial charge in [-0.25, -0.2) is 9.97 Å². The molecule has 0 radical (unpaired) electrons. The van der Waals surface area contributed by atoms with Crippen molar-refractivity contribution in [1.82, 2.24) is 9.97 Å². The smallest absolute Gasteiger partial charge is 0.367 e. The molecule has 0 amide bonds. The lowest BCUT2D eigenvalue weighted by atomic mass is 10.0. The number of aromatic nitrogens is 2. The molecule has 1 aromatic carbocycles. The zero-order valence-corrected chi connectivity index (χ0v) is 17.3. The molecule has 0 spiro atoms. The van der Waals surface area contributed by atoms with Gasteiger partial charge in [-0.05, 0) is 60.8 Å². The molecule has 0 aliphatic carbocycles. The summed E-state index contributed by atoms with van der Waals surface area (Å²) in [5.41, 5.74) is 0.0457. The second-order valence-corrected chi connectivity index (χ2v) is 8.99. The zero-order valence-electron chi connectivity index (χ0n) is 16.5. The lowest BCUT2D eigenvalue weighted by Crippen LogP contribution is -2.26. The number of benzene rings is 1. The Balaban J connectivity index is 1.51. The van der Waals surface area contributed by atoms with Crippen LogP contribution in [0.25, 0.3) is 0 Å². The van der Waals surface area contributed by atoms with Crippen LogP contribution >= 0.6 is 11.8 Å². The molecule has 4 nitrogen and oxygen atoms in total. The second kappa shape index (κ2) is 8.99. The summed E-state index contributed by atoms with van der Waals surface area (Å²) in [6.45, 7) is 1.27. The summed E-state index contributed by atoms with van der Waals surface area (Å²) in [7, 11) is 0. The van der Waals surface area contributed by atoms with Crippen molar-refractivity contribution in [3.63, 3.8) is 0 Å². The molecule has 2 fully saturated rings. The molecule has 2 aliphatic rings. The van der Waals surface area contributed by atoms with Crippen LogP contribution in [0.2, 0.25) is 0 Å². The van der Waals surface area contributed by atoms with Crippen molar-refractivity contribution in [2.24, 2.45) is 5.92 Å². The maximum atomic E-state index is 15.2. The topological polar surface area (TPSA) is 41.1 Å². The largest absolute Gasteiger partial charge is 0.416 e. The van der Waals surface area contributed by atoms with E-state index in [1.807, 2.05) is 16.7 Å². The first-order valence-corrected chi connectivity index (χ1v) is 11.3. The second-order valence-electron chi connectivity index (χ2n) is 7.77. The predicted octanol–water partition coefficient (Wildman–Crippen LogP) is 5.53. The number of nitrogens with one attached hydrogen (secondary N) is 1. The average molecular weight is 441 g/mol. The lowest BCUT2D eigenvalue weighted by Gasteiger charge is -2.27. The minimum atomic E-state index is -4.37. The van der Waals surface area contributed by atoms with Crippen molar-refractivity contribution in [2.45, 2.75) is 37.9 Å². The molecule has 1 N–H and O–H groups in total. The molecule has 162 valence electrons. The minimum absolute atomic E-state index is 0.191. The average Bonchev–Trinajstić information content (AvgIpc) is 3.23. The van der Waals surface area contributed by atoms with Gasteiger partial charge in [0.2, 0.25) is 5.82 Å². The number of hydrogen-bond donors (Lipinski definition) is 1. The Labute approximate surface area is 177 Å². The summed E-state index contributed by atoms with van der Waals surface area (Å²) < 4.78 is 53.8. The Kier molecular flexibility index (Phi) is 6.36. The van der Waals surface area contributed by atoms with E-state index in [9.17, 15) is 13.2 Å². The zero-order chi connectivity index (χ0) is 21.1. The van der Waals surface area contributed by atoms with Crippen LogP contribution in [0.15, 0.2) is 30.6 Å². The highest BCUT2D eigenvalue weighted by atomic mass is 32.2. The van der Waals surface area contributed by atoms with Gasteiger partial charge in [0.05, 0.1) is 11.6 Å². The quantitative estimate of drug-likeness (QED) is 0.619. The lowest BCUT2D eigenvalue weighted by molar-refractivity contribution is -0.137. The highest BCUT2D eigenvalue weighted by Crippen LogP contribution is 2.38. The molecule has 1 unspecified atom stereocenters. The maximum Gasteiger partial charge on any atom is 0.416 e. The van der Waals surface area contributed by atoms with Gasteiger partial charge in [-0.1, -0.05) is 12.1 Å². The van der Waals surface area contributed by atoms with Crippen LogP contribution < -0.4 is 10.2 Å². The van der Waals surface area contributed by atoms with Gasteiger partial charge < -0.3 is 10.2 Å². The highest BCUT2D eigenvalue weighted by molar-refractivity contribution is 7.99. The number of hydrogen-bond acceptors (Lipinski definition) is 5.